The van der Waals surface area contributed by atoms with Crippen LogP contribution in [0.4, 0.5) is 0 Å². The predicted octanol–water partition coefficient (Wildman–Crippen LogP) is 2.52. The maximum Gasteiger partial charge on any atom is 0.000703 e. The number of hydrogen-bond acceptors (Lipinski definition) is 1. The zero-order chi connectivity index (χ0) is 8.39. The van der Waals surface area contributed by atoms with Gasteiger partial charge in [-0.25, -0.2) is 0 Å². The third-order valence-corrected chi connectivity index (χ3v) is 3.29. The van der Waals surface area contributed by atoms with Crippen LogP contribution < -0.4 is 0 Å². The molecule has 0 unspecified atom stereocenters. The third-order valence-electron chi connectivity index (χ3n) is 3.29. The van der Waals surface area contributed by atoms with Crippen molar-refractivity contribution < 1.29 is 0 Å². The fraction of sp³-hybridized carbons (Fsp3) is 1.00. The lowest BCUT2D eigenvalue weighted by molar-refractivity contribution is 0.179. The molecule has 1 aliphatic carbocycles. The van der Waals surface area contributed by atoms with Crippen LogP contribution in [0.15, 0.2) is 0 Å². The Hall–Kier alpha value is -0.0400. The normalized spacial score (nSPS) is 32.2. The lowest BCUT2D eigenvalue weighted by atomic mass is 10.00. The van der Waals surface area contributed by atoms with Crippen LogP contribution in [0.5, 0.6) is 0 Å². The molecule has 0 aromatic heterocycles. The van der Waals surface area contributed by atoms with Crippen LogP contribution in [0.2, 0.25) is 0 Å². The van der Waals surface area contributed by atoms with Gasteiger partial charge in [-0.15, -0.1) is 0 Å². The first-order valence-corrected chi connectivity index (χ1v) is 5.57. The summed E-state index contributed by atoms with van der Waals surface area (Å²) >= 11 is 0. The topological polar surface area (TPSA) is 3.24 Å². The lowest BCUT2D eigenvalue weighted by Crippen LogP contribution is -2.35. The van der Waals surface area contributed by atoms with Crippen molar-refractivity contribution >= 4 is 0 Å². The Labute approximate surface area is 76.1 Å². The molecule has 1 saturated carbocycles. The quantitative estimate of drug-likeness (QED) is 0.624. The van der Waals surface area contributed by atoms with Crippen LogP contribution in [-0.2, 0) is 0 Å². The van der Waals surface area contributed by atoms with Gasteiger partial charge in [-0.2, -0.15) is 0 Å². The van der Waals surface area contributed by atoms with Gasteiger partial charge >= 0.3 is 0 Å². The second-order valence-electron chi connectivity index (χ2n) is 4.78. The first-order valence-electron chi connectivity index (χ1n) is 5.57. The van der Waals surface area contributed by atoms with Crippen LogP contribution >= 0.6 is 0 Å². The van der Waals surface area contributed by atoms with E-state index in [0.717, 1.165) is 11.8 Å². The van der Waals surface area contributed by atoms with E-state index in [4.69, 9.17) is 0 Å². The van der Waals surface area contributed by atoms with E-state index < -0.39 is 0 Å². The van der Waals surface area contributed by atoms with Gasteiger partial charge in [0.2, 0.25) is 0 Å². The van der Waals surface area contributed by atoms with E-state index in [9.17, 15) is 0 Å². The van der Waals surface area contributed by atoms with Crippen molar-refractivity contribution in [1.82, 2.24) is 4.90 Å². The Kier molecular flexibility index (Phi) is 2.69. The second kappa shape index (κ2) is 3.78. The molecule has 12 heavy (non-hydrogen) atoms. The van der Waals surface area contributed by atoms with Gasteiger partial charge in [0.05, 0.1) is 0 Å². The number of rotatable bonds is 3. The average molecular weight is 167 g/mol. The summed E-state index contributed by atoms with van der Waals surface area (Å²) in [6.45, 7) is 6.52. The van der Waals surface area contributed by atoms with Crippen molar-refractivity contribution in [2.45, 2.75) is 39.0 Å². The van der Waals surface area contributed by atoms with Crippen molar-refractivity contribution in [3.05, 3.63) is 0 Å². The Morgan fingerprint density at radius 1 is 1.25 bits per heavy atom. The Morgan fingerprint density at radius 2 is 2.08 bits per heavy atom. The van der Waals surface area contributed by atoms with Crippen molar-refractivity contribution in [3.63, 3.8) is 0 Å². The summed E-state index contributed by atoms with van der Waals surface area (Å²) in [7, 11) is 0. The largest absolute Gasteiger partial charge is 0.303 e. The Morgan fingerprint density at radius 3 is 2.75 bits per heavy atom. The van der Waals surface area contributed by atoms with E-state index >= 15 is 0 Å². The number of likely N-dealkylation sites (tertiary alicyclic amines) is 1. The highest BCUT2D eigenvalue weighted by molar-refractivity contribution is 4.76. The van der Waals surface area contributed by atoms with E-state index in [1.807, 2.05) is 0 Å². The first kappa shape index (κ1) is 8.55. The van der Waals surface area contributed by atoms with E-state index in [1.54, 1.807) is 0 Å². The Bertz CT molecular complexity index is 140. The summed E-state index contributed by atoms with van der Waals surface area (Å²) in [5.74, 6) is 2.07. The number of hydrogen-bond donors (Lipinski definition) is 0. The molecule has 70 valence electrons. The van der Waals surface area contributed by atoms with Gasteiger partial charge in [0, 0.05) is 6.54 Å². The number of nitrogens with zero attached hydrogens (tertiary/aromatic N) is 1. The Balaban J connectivity index is 1.64. The molecular formula is C11H21N. The highest BCUT2D eigenvalue weighted by Gasteiger charge is 2.23. The molecule has 0 spiro atoms. The molecule has 2 aliphatic rings. The van der Waals surface area contributed by atoms with Crippen LogP contribution in [0.1, 0.15) is 39.0 Å². The van der Waals surface area contributed by atoms with Crippen LogP contribution in [0.25, 0.3) is 0 Å². The molecule has 1 atom stereocenters. The fourth-order valence-corrected chi connectivity index (χ4v) is 2.26. The van der Waals surface area contributed by atoms with Crippen LogP contribution in [-0.4, -0.2) is 24.5 Å². The summed E-state index contributed by atoms with van der Waals surface area (Å²) in [6.07, 6.45) is 7.41. The van der Waals surface area contributed by atoms with Crippen LogP contribution in [0, 0.1) is 11.8 Å². The molecule has 2 rings (SSSR count). The molecule has 1 heterocycles. The summed E-state index contributed by atoms with van der Waals surface area (Å²) < 4.78 is 0. The molecule has 0 aromatic carbocycles. The van der Waals surface area contributed by atoms with E-state index in [2.05, 4.69) is 11.8 Å². The van der Waals surface area contributed by atoms with Gasteiger partial charge in [-0.1, -0.05) is 19.8 Å². The third kappa shape index (κ3) is 2.48. The average Bonchev–Trinajstić information content (AvgIpc) is 2.84. The predicted molar refractivity (Wildman–Crippen MR) is 52.2 cm³/mol. The van der Waals surface area contributed by atoms with Crippen molar-refractivity contribution in [1.29, 1.82) is 0 Å². The zero-order valence-corrected chi connectivity index (χ0v) is 8.26. The maximum absolute atomic E-state index is 2.67. The molecule has 2 fully saturated rings. The van der Waals surface area contributed by atoms with E-state index in [0.29, 0.717) is 0 Å². The van der Waals surface area contributed by atoms with E-state index in [-0.39, 0.29) is 0 Å². The van der Waals surface area contributed by atoms with Crippen molar-refractivity contribution in [2.75, 3.05) is 19.6 Å². The minimum atomic E-state index is 0.956. The lowest BCUT2D eigenvalue weighted by Gasteiger charge is -2.30. The molecular weight excluding hydrogens is 146 g/mol. The molecule has 1 saturated heterocycles. The van der Waals surface area contributed by atoms with Crippen LogP contribution in [0.3, 0.4) is 0 Å². The summed E-state index contributed by atoms with van der Waals surface area (Å²) in [4.78, 5) is 2.67. The maximum atomic E-state index is 2.67. The SMILES string of the molecule is C[C@H]1CCCN(CCC2CC2)C1. The molecule has 0 radical (unpaired) electrons. The summed E-state index contributed by atoms with van der Waals surface area (Å²) in [5.41, 5.74) is 0. The highest BCUT2D eigenvalue weighted by atomic mass is 15.1. The zero-order valence-electron chi connectivity index (χ0n) is 8.26. The summed E-state index contributed by atoms with van der Waals surface area (Å²) in [6, 6.07) is 0. The van der Waals surface area contributed by atoms with Gasteiger partial charge in [-0.05, 0) is 44.2 Å². The fourth-order valence-electron chi connectivity index (χ4n) is 2.26. The molecule has 0 bridgehead atoms. The molecule has 0 aromatic rings. The van der Waals surface area contributed by atoms with Gasteiger partial charge in [0.1, 0.15) is 0 Å². The standard InChI is InChI=1S/C11H21N/c1-10-3-2-7-12(9-10)8-6-11-4-5-11/h10-11H,2-9H2,1H3/t10-/m0/s1. The molecule has 0 N–H and O–H groups in total. The van der Waals surface area contributed by atoms with Crippen molar-refractivity contribution in [2.24, 2.45) is 11.8 Å². The minimum Gasteiger partial charge on any atom is -0.303 e. The summed E-state index contributed by atoms with van der Waals surface area (Å²) in [5, 5.41) is 0. The van der Waals surface area contributed by atoms with Crippen molar-refractivity contribution in [3.8, 4) is 0 Å². The first-order chi connectivity index (χ1) is 5.84. The smallest absolute Gasteiger partial charge is 0.000703 e. The molecule has 1 aliphatic heterocycles. The highest BCUT2D eigenvalue weighted by Crippen LogP contribution is 2.32. The molecule has 1 nitrogen and oxygen atoms in total. The number of piperidine rings is 1. The van der Waals surface area contributed by atoms with Gasteiger partial charge < -0.3 is 4.90 Å². The molecule has 1 heteroatoms. The minimum absolute atomic E-state index is 0.956. The monoisotopic (exact) mass is 167 g/mol. The second-order valence-corrected chi connectivity index (χ2v) is 4.78. The van der Waals surface area contributed by atoms with Gasteiger partial charge in [-0.3, -0.25) is 0 Å². The van der Waals surface area contributed by atoms with Gasteiger partial charge in [0.25, 0.3) is 0 Å². The van der Waals surface area contributed by atoms with E-state index in [1.165, 1.54) is 51.7 Å². The molecule has 0 amide bonds. The van der Waals surface area contributed by atoms with Gasteiger partial charge in [0.15, 0.2) is 0 Å².